The van der Waals surface area contributed by atoms with Crippen molar-refractivity contribution in [2.75, 3.05) is 0 Å². The summed E-state index contributed by atoms with van der Waals surface area (Å²) in [4.78, 5) is 0. The monoisotopic (exact) mass is 1040 g/mol. The zero-order valence-electron chi connectivity index (χ0n) is 46.6. The number of benzene rings is 4. The number of hydrogen-bond donors (Lipinski definition) is 2. The van der Waals surface area contributed by atoms with Crippen LogP contribution in [0.3, 0.4) is 0 Å². The molecular formula is C68H89NO2Zr. The van der Waals surface area contributed by atoms with E-state index in [1.165, 1.54) is 99.3 Å². The first kappa shape index (κ1) is 54.6. The van der Waals surface area contributed by atoms with Gasteiger partial charge in [-0.1, -0.05) is 135 Å². The Morgan fingerprint density at radius 2 is 0.889 bits per heavy atom. The summed E-state index contributed by atoms with van der Waals surface area (Å²) in [7, 11) is 0. The molecule has 9 aliphatic rings. The van der Waals surface area contributed by atoms with E-state index in [0.717, 1.165) is 93.5 Å². The molecule has 0 amide bonds. The Hall–Kier alpha value is -3.62. The Labute approximate surface area is 456 Å². The molecule has 2 N–H and O–H groups in total. The molecule has 0 unspecified atom stereocenters. The van der Waals surface area contributed by atoms with Gasteiger partial charge in [0.15, 0.2) is 5.70 Å². The summed E-state index contributed by atoms with van der Waals surface area (Å²) in [6.07, 6.45) is 24.1. The number of allylic oxidation sites excluding steroid dienone is 2. The van der Waals surface area contributed by atoms with Crippen molar-refractivity contribution in [2.45, 2.75) is 181 Å². The summed E-state index contributed by atoms with van der Waals surface area (Å²) in [5.41, 5.74) is 12.3. The molecule has 13 rings (SSSR count). The predicted molar refractivity (Wildman–Crippen MR) is 301 cm³/mol. The van der Waals surface area contributed by atoms with E-state index in [-0.39, 0.29) is 73.5 Å². The zero-order valence-corrected chi connectivity index (χ0v) is 49.0. The normalized spacial score (nSPS) is 28.3. The molecule has 72 heavy (non-hydrogen) atoms. The minimum Gasteiger partial charge on any atom is -0.508 e. The fourth-order valence-corrected chi connectivity index (χ4v) is 17.9. The van der Waals surface area contributed by atoms with E-state index < -0.39 is 0 Å². The Morgan fingerprint density at radius 3 is 1.29 bits per heavy atom. The molecule has 1 heterocycles. The molecule has 3 nitrogen and oxygen atoms in total. The maximum Gasteiger partial charge on any atom is 2.00 e. The Morgan fingerprint density at radius 1 is 0.528 bits per heavy atom. The molecule has 4 aromatic carbocycles. The third-order valence-corrected chi connectivity index (χ3v) is 19.0. The van der Waals surface area contributed by atoms with Gasteiger partial charge in [0.2, 0.25) is 0 Å². The first-order valence-corrected chi connectivity index (χ1v) is 27.3. The molecule has 4 aromatic rings. The largest absolute Gasteiger partial charge is 2.00 e. The number of phenolic OH excluding ortho intramolecular Hbond substituents is 2. The smallest absolute Gasteiger partial charge is 0.508 e. The number of nitrogens with zero attached hydrogens (tertiary/aromatic N) is 1. The van der Waals surface area contributed by atoms with E-state index in [1.54, 1.807) is 0 Å². The van der Waals surface area contributed by atoms with Gasteiger partial charge in [-0.25, -0.2) is 4.58 Å². The van der Waals surface area contributed by atoms with Gasteiger partial charge < -0.3 is 25.1 Å². The van der Waals surface area contributed by atoms with Crippen molar-refractivity contribution in [2.24, 2.45) is 46.3 Å². The van der Waals surface area contributed by atoms with Gasteiger partial charge in [-0.3, -0.25) is 0 Å². The minimum absolute atomic E-state index is 0. The van der Waals surface area contributed by atoms with Crippen LogP contribution in [0.15, 0.2) is 91.0 Å². The summed E-state index contributed by atoms with van der Waals surface area (Å²) >= 11 is 0. The molecule has 8 saturated carbocycles. The molecule has 0 atom stereocenters. The van der Waals surface area contributed by atoms with Gasteiger partial charge in [-0.05, 0) is 204 Å². The second-order valence-corrected chi connectivity index (χ2v) is 28.3. The molecule has 0 radical (unpaired) electrons. The van der Waals surface area contributed by atoms with Crippen LogP contribution in [0.2, 0.25) is 0 Å². The maximum atomic E-state index is 13.0. The second kappa shape index (κ2) is 19.2. The average molecular weight is 1040 g/mol. The molecule has 4 heteroatoms. The van der Waals surface area contributed by atoms with Crippen LogP contribution in [-0.4, -0.2) is 21.5 Å². The van der Waals surface area contributed by atoms with E-state index in [4.69, 9.17) is 6.72 Å². The zero-order chi connectivity index (χ0) is 48.6. The van der Waals surface area contributed by atoms with Gasteiger partial charge in [0.1, 0.15) is 17.5 Å². The topological polar surface area (TPSA) is 43.5 Å². The van der Waals surface area contributed by atoms with Crippen LogP contribution < -0.4 is 0 Å². The molecule has 1 aliphatic heterocycles. The van der Waals surface area contributed by atoms with Crippen LogP contribution in [0.1, 0.15) is 193 Å². The summed E-state index contributed by atoms with van der Waals surface area (Å²) in [6, 6.07) is 28.1. The standard InChI is InChI=1S/C66H83NO2.2CH3.Zr/c1-61(2,3)39-63(7,8)47-29-53(59(68)55(31-47)65-33-41-23-42(34-65)25-43(24-41)35-65)49-17-12-14-19-51(49)57-21-16-22-58(67(57)11)52-20-15-13-18-50(52)54-30-48(64(9,10)40-62(4,5)6)32-56(60(54)69)66-36-44-26-45(37-66)28-46(27-44)38-66;;;/h12-22,29-32,41-46,68-69H,11,23-28,33-40H2,1-10H3;2*1H3;/q;2*-1;+2. The molecule has 382 valence electrons. The van der Waals surface area contributed by atoms with E-state index >= 15 is 0 Å². The SMILES string of the molecule is C=[N+]1C(c2ccccc2-c2cc(C(C)(C)CC(C)(C)C)cc(C34CC5CC(CC(C5)C3)C4)c2O)=CC=C[C-]1c1ccccc1-c1cc(C(C)(C)CC(C)(C)C)cc(C23CC4CC(CC(C4)C2)C3)c1O.[CH3-].[CH3-].[Zr+2]. The van der Waals surface area contributed by atoms with Crippen molar-refractivity contribution < 1.29 is 41.0 Å². The van der Waals surface area contributed by atoms with Crippen LogP contribution in [0.4, 0.5) is 0 Å². The van der Waals surface area contributed by atoms with Crippen molar-refractivity contribution >= 4 is 12.4 Å². The first-order valence-electron chi connectivity index (χ1n) is 27.3. The van der Waals surface area contributed by atoms with Gasteiger partial charge in [-0.15, -0.1) is 12.1 Å². The number of aromatic hydroxyl groups is 2. The van der Waals surface area contributed by atoms with Crippen molar-refractivity contribution in [1.29, 1.82) is 0 Å². The quantitative estimate of drug-likeness (QED) is 0.123. The second-order valence-electron chi connectivity index (χ2n) is 28.3. The Bertz CT molecular complexity index is 2700. The van der Waals surface area contributed by atoms with E-state index in [2.05, 4.69) is 165 Å². The van der Waals surface area contributed by atoms with Crippen LogP contribution in [0.25, 0.3) is 28.0 Å². The van der Waals surface area contributed by atoms with Crippen molar-refractivity contribution in [3.63, 3.8) is 0 Å². The number of rotatable bonds is 10. The van der Waals surface area contributed by atoms with Crippen LogP contribution in [0, 0.1) is 67.2 Å². The minimum atomic E-state index is -0.0943. The Balaban J connectivity index is 0.00000231. The Kier molecular flexibility index (Phi) is 14.6. The van der Waals surface area contributed by atoms with Crippen LogP contribution in [-0.2, 0) is 47.9 Å². The van der Waals surface area contributed by atoms with Crippen molar-refractivity contribution in [1.82, 2.24) is 0 Å². The van der Waals surface area contributed by atoms with Gasteiger partial charge in [0, 0.05) is 22.3 Å². The predicted octanol–water partition coefficient (Wildman–Crippen LogP) is 17.9. The van der Waals surface area contributed by atoms with E-state index in [9.17, 15) is 10.2 Å². The van der Waals surface area contributed by atoms with Crippen molar-refractivity contribution in [3.8, 4) is 33.8 Å². The van der Waals surface area contributed by atoms with E-state index in [0.29, 0.717) is 11.5 Å². The molecule has 0 spiro atoms. The molecule has 8 fully saturated rings. The van der Waals surface area contributed by atoms with Crippen LogP contribution in [0.5, 0.6) is 11.5 Å². The maximum absolute atomic E-state index is 13.0. The fourth-order valence-electron chi connectivity index (χ4n) is 17.9. The molecular weight excluding hydrogens is 954 g/mol. The third-order valence-electron chi connectivity index (χ3n) is 19.0. The number of phenols is 2. The van der Waals surface area contributed by atoms with E-state index in [1.807, 2.05) is 0 Å². The fraction of sp³-hybridized carbons (Fsp3) is 0.529. The van der Waals surface area contributed by atoms with Gasteiger partial charge in [-0.2, -0.15) is 0 Å². The average Bonchev–Trinajstić information content (AvgIpc) is 3.24. The molecule has 0 saturated heterocycles. The summed E-state index contributed by atoms with van der Waals surface area (Å²) < 4.78 is 2.12. The van der Waals surface area contributed by atoms with Gasteiger partial charge >= 0.3 is 26.2 Å². The summed E-state index contributed by atoms with van der Waals surface area (Å²) in [5.74, 6) is 5.61. The van der Waals surface area contributed by atoms with Crippen LogP contribution >= 0.6 is 0 Å². The van der Waals surface area contributed by atoms with Gasteiger partial charge in [0.25, 0.3) is 0 Å². The summed E-state index contributed by atoms with van der Waals surface area (Å²) in [6.45, 7) is 28.7. The third kappa shape index (κ3) is 9.78. The molecule has 8 bridgehead atoms. The molecule has 0 aromatic heterocycles. The van der Waals surface area contributed by atoms with Crippen molar-refractivity contribution in [3.05, 3.63) is 145 Å². The molecule has 8 aliphatic carbocycles. The first-order chi connectivity index (χ1) is 32.5. The summed E-state index contributed by atoms with van der Waals surface area (Å²) in [5, 5.41) is 25.9. The van der Waals surface area contributed by atoms with Gasteiger partial charge in [0.05, 0.1) is 6.72 Å². The number of hydrogen-bond acceptors (Lipinski definition) is 2.